The van der Waals surface area contributed by atoms with Crippen LogP contribution in [0.1, 0.15) is 113 Å². The van der Waals surface area contributed by atoms with E-state index in [0.717, 1.165) is 32.1 Å². The Hall–Kier alpha value is -4.23. The second-order valence-corrected chi connectivity index (χ2v) is 18.3. The molecule has 0 saturated carbocycles. The highest BCUT2D eigenvalue weighted by molar-refractivity contribution is 5.85. The van der Waals surface area contributed by atoms with Crippen LogP contribution in [0.5, 0.6) is 0 Å². The van der Waals surface area contributed by atoms with Gasteiger partial charge in [0.25, 0.3) is 0 Å². The number of hydrogen-bond acceptors (Lipinski definition) is 17. The summed E-state index contributed by atoms with van der Waals surface area (Å²) >= 11 is 0. The number of fused-ring (bicyclic) bond motifs is 6. The number of aliphatic hydroxyl groups is 4. The monoisotopic (exact) mass is 904 g/mol. The van der Waals surface area contributed by atoms with Crippen LogP contribution in [-0.4, -0.2) is 131 Å². The van der Waals surface area contributed by atoms with Gasteiger partial charge in [0.2, 0.25) is 5.79 Å². The summed E-state index contributed by atoms with van der Waals surface area (Å²) in [6.07, 6.45) is 2.55. The van der Waals surface area contributed by atoms with Crippen molar-refractivity contribution in [3.63, 3.8) is 0 Å². The molecule has 17 nitrogen and oxygen atoms in total. The van der Waals surface area contributed by atoms with Crippen LogP contribution in [-0.2, 0) is 61.9 Å². The van der Waals surface area contributed by atoms with E-state index in [1.54, 1.807) is 45.9 Å². The lowest BCUT2D eigenvalue weighted by atomic mass is 9.70. The van der Waals surface area contributed by atoms with Crippen molar-refractivity contribution >= 4 is 29.8 Å². The summed E-state index contributed by atoms with van der Waals surface area (Å²) in [6, 6.07) is 0. The minimum absolute atomic E-state index is 0.0721. The summed E-state index contributed by atoms with van der Waals surface area (Å²) in [4.78, 5) is 64.7. The summed E-state index contributed by atoms with van der Waals surface area (Å²) in [5, 5.41) is 47.5. The summed E-state index contributed by atoms with van der Waals surface area (Å²) in [7, 11) is 2.40. The molecule has 4 heterocycles. The Morgan fingerprint density at radius 3 is 2.20 bits per heavy atom. The molecule has 64 heavy (non-hydrogen) atoms. The average molecular weight is 905 g/mol. The van der Waals surface area contributed by atoms with Crippen molar-refractivity contribution in [3.05, 3.63) is 59.8 Å². The number of esters is 5. The van der Waals surface area contributed by atoms with E-state index in [0.29, 0.717) is 5.57 Å². The molecule has 0 aromatic heterocycles. The standard InChI is InChI=1S/C47H68O17/c1-10-11-12-13-14-15-39(51)62-43-31(22-41(53)58-9)21-34-25-37(28(2)48)61-42(54)24-32(50)23-35-26-38(59-29(3)49)45(6,7)46(55,63-35)27-36-19-30(20-40(52)57-8)18-33(60-36)16-17-44(4,5)47(43,56)64-34/h12-17,20,22,28,32-38,43,48,50,55-56H,10-11,18-19,21,23-27H2,1-9H3/b13-12+,15-14+,17-16+,30-20+,31-22+/t28-,32-,33+,34-,35-,36+,37-,38+,43+,46-,47+/m1/s1. The zero-order valence-corrected chi connectivity index (χ0v) is 38.5. The van der Waals surface area contributed by atoms with E-state index in [9.17, 15) is 44.4 Å². The molecule has 4 N–H and O–H groups in total. The normalized spacial score (nSPS) is 35.8. The minimum Gasteiger partial charge on any atom is -0.466 e. The van der Waals surface area contributed by atoms with Crippen molar-refractivity contribution in [2.75, 3.05) is 14.2 Å². The Bertz CT molecular complexity index is 1830. The number of carbonyl (C=O) groups is 5. The Labute approximate surface area is 375 Å². The molecule has 4 aliphatic heterocycles. The molecule has 3 fully saturated rings. The number of carbonyl (C=O) groups excluding carboxylic acids is 5. The third-order valence-electron chi connectivity index (χ3n) is 12.4. The van der Waals surface area contributed by atoms with Crippen LogP contribution in [0, 0.1) is 10.8 Å². The molecule has 358 valence electrons. The molecule has 0 spiro atoms. The smallest absolute Gasteiger partial charge is 0.331 e. The second kappa shape index (κ2) is 22.3. The molecular weight excluding hydrogens is 836 g/mol. The van der Waals surface area contributed by atoms with E-state index in [-0.39, 0.29) is 50.5 Å². The van der Waals surface area contributed by atoms with Crippen LogP contribution in [0.3, 0.4) is 0 Å². The first-order valence-corrected chi connectivity index (χ1v) is 21.9. The van der Waals surface area contributed by atoms with Gasteiger partial charge in [-0.1, -0.05) is 77.0 Å². The summed E-state index contributed by atoms with van der Waals surface area (Å²) < 4.78 is 46.7. The number of aliphatic hydroxyl groups excluding tert-OH is 2. The van der Waals surface area contributed by atoms with Crippen molar-refractivity contribution in [2.45, 2.75) is 179 Å². The first kappa shape index (κ1) is 52.4. The number of ether oxygens (including phenoxy) is 8. The fourth-order valence-corrected chi connectivity index (χ4v) is 8.57. The van der Waals surface area contributed by atoms with Crippen LogP contribution in [0.2, 0.25) is 0 Å². The van der Waals surface area contributed by atoms with E-state index in [1.807, 2.05) is 13.0 Å². The number of methoxy groups -OCH3 is 2. The molecular formula is C47H68O17. The third-order valence-corrected chi connectivity index (χ3v) is 12.4. The predicted molar refractivity (Wildman–Crippen MR) is 228 cm³/mol. The molecule has 0 amide bonds. The molecule has 4 rings (SSSR count). The van der Waals surface area contributed by atoms with Crippen LogP contribution in [0.25, 0.3) is 0 Å². The number of unbranched alkanes of at least 4 members (excludes halogenated alkanes) is 1. The van der Waals surface area contributed by atoms with Crippen molar-refractivity contribution < 1.29 is 82.3 Å². The van der Waals surface area contributed by atoms with E-state index in [1.165, 1.54) is 33.1 Å². The largest absolute Gasteiger partial charge is 0.466 e. The molecule has 0 aliphatic carbocycles. The van der Waals surface area contributed by atoms with Gasteiger partial charge in [-0.05, 0) is 38.2 Å². The van der Waals surface area contributed by atoms with Crippen LogP contribution in [0.4, 0.5) is 0 Å². The van der Waals surface area contributed by atoms with E-state index < -0.39 is 114 Å². The quantitative estimate of drug-likeness (QED) is 0.0830. The summed E-state index contributed by atoms with van der Waals surface area (Å²) in [6.45, 7) is 11.2. The van der Waals surface area contributed by atoms with Gasteiger partial charge in [0.05, 0.1) is 62.7 Å². The zero-order valence-electron chi connectivity index (χ0n) is 38.5. The lowest BCUT2D eigenvalue weighted by Gasteiger charge is -2.53. The third kappa shape index (κ3) is 13.4. The van der Waals surface area contributed by atoms with Gasteiger partial charge in [-0.25, -0.2) is 14.4 Å². The van der Waals surface area contributed by atoms with Crippen molar-refractivity contribution in [1.82, 2.24) is 0 Å². The van der Waals surface area contributed by atoms with E-state index in [2.05, 4.69) is 0 Å². The number of cyclic esters (lactones) is 1. The topological polar surface area (TPSA) is 240 Å². The Morgan fingerprint density at radius 1 is 0.875 bits per heavy atom. The Balaban J connectivity index is 1.89. The lowest BCUT2D eigenvalue weighted by molar-refractivity contribution is -0.348. The molecule has 4 aliphatic rings. The van der Waals surface area contributed by atoms with Gasteiger partial charge in [-0.3, -0.25) is 9.59 Å². The predicted octanol–water partition coefficient (Wildman–Crippen LogP) is 4.28. The van der Waals surface area contributed by atoms with Gasteiger partial charge >= 0.3 is 29.8 Å². The maximum absolute atomic E-state index is 13.4. The Kier molecular flexibility index (Phi) is 18.3. The van der Waals surface area contributed by atoms with Gasteiger partial charge in [0, 0.05) is 56.3 Å². The first-order chi connectivity index (χ1) is 29.9. The SMILES string of the molecule is CCC/C=C/C=C/C(=O)O[C@H]1/C(=C/C(=O)OC)C[C@@H]2C[C@H]([C@@H](C)O)OC(=O)C[C@H](O)C[C@@H]3C[C@H](OC(C)=O)C(C)(C)[C@@](O)(C[C@@H]4C/C(=C/C(=O)OC)C[C@H](/C=C/C(C)(C)[C@@]1(O)O2)O4)O3. The highest BCUT2D eigenvalue weighted by Gasteiger charge is 2.59. The Morgan fingerprint density at radius 2 is 1.56 bits per heavy atom. The maximum atomic E-state index is 13.4. The highest BCUT2D eigenvalue weighted by Crippen LogP contribution is 2.50. The molecule has 0 radical (unpaired) electrons. The summed E-state index contributed by atoms with van der Waals surface area (Å²) in [5.41, 5.74) is -2.06. The van der Waals surface area contributed by atoms with E-state index >= 15 is 0 Å². The average Bonchev–Trinajstić information content (AvgIpc) is 3.19. The minimum atomic E-state index is -2.47. The van der Waals surface area contributed by atoms with Crippen LogP contribution >= 0.6 is 0 Å². The number of allylic oxidation sites excluding steroid dienone is 3. The van der Waals surface area contributed by atoms with Crippen LogP contribution < -0.4 is 0 Å². The van der Waals surface area contributed by atoms with Crippen LogP contribution in [0.15, 0.2) is 59.8 Å². The fraction of sp³-hybridized carbons (Fsp3) is 0.681. The fourth-order valence-electron chi connectivity index (χ4n) is 8.57. The molecule has 3 saturated heterocycles. The maximum Gasteiger partial charge on any atom is 0.331 e. The molecule has 0 aromatic rings. The van der Waals surface area contributed by atoms with Crippen molar-refractivity contribution in [3.8, 4) is 0 Å². The van der Waals surface area contributed by atoms with Gasteiger partial charge < -0.3 is 58.3 Å². The van der Waals surface area contributed by atoms with Crippen molar-refractivity contribution in [2.24, 2.45) is 10.8 Å². The van der Waals surface area contributed by atoms with Gasteiger partial charge in [-0.2, -0.15) is 0 Å². The number of hydrogen-bond donors (Lipinski definition) is 4. The summed E-state index contributed by atoms with van der Waals surface area (Å²) in [5.74, 6) is -8.31. The van der Waals surface area contributed by atoms with Gasteiger partial charge in [0.15, 0.2) is 11.9 Å². The van der Waals surface area contributed by atoms with Crippen molar-refractivity contribution in [1.29, 1.82) is 0 Å². The van der Waals surface area contributed by atoms with E-state index in [4.69, 9.17) is 37.9 Å². The molecule has 6 bridgehead atoms. The first-order valence-electron chi connectivity index (χ1n) is 21.9. The molecule has 0 unspecified atom stereocenters. The van der Waals surface area contributed by atoms with Gasteiger partial charge in [-0.15, -0.1) is 0 Å². The zero-order chi connectivity index (χ0) is 47.6. The van der Waals surface area contributed by atoms with Gasteiger partial charge in [0.1, 0.15) is 12.2 Å². The molecule has 0 aromatic carbocycles. The molecule has 17 heteroatoms. The lowest BCUT2D eigenvalue weighted by Crippen LogP contribution is -2.62. The highest BCUT2D eigenvalue weighted by atomic mass is 16.7. The molecule has 11 atom stereocenters. The second-order valence-electron chi connectivity index (χ2n) is 18.3. The number of rotatable bonds is 9.